The Morgan fingerprint density at radius 2 is 1.58 bits per heavy atom. The lowest BCUT2D eigenvalue weighted by atomic mass is 10.1. The van der Waals surface area contributed by atoms with Crippen LogP contribution in [-0.2, 0) is 20.9 Å². The first-order valence-corrected chi connectivity index (χ1v) is 12.1. The molecule has 1 aliphatic rings. The monoisotopic (exact) mass is 535 g/mol. The molecule has 3 rings (SSSR count). The number of benzene rings is 2. The molecule has 0 spiro atoms. The number of rotatable bonds is 7. The van der Waals surface area contributed by atoms with E-state index in [0.29, 0.717) is 11.0 Å². The number of esters is 1. The third-order valence-corrected chi connectivity index (χ3v) is 6.59. The topological polar surface area (TPSA) is 55.4 Å². The fourth-order valence-electron chi connectivity index (χ4n) is 4.38. The van der Waals surface area contributed by atoms with Crippen molar-refractivity contribution in [2.24, 2.45) is 0 Å². The quantitative estimate of drug-likeness (QED) is 0.309. The first-order valence-electron chi connectivity index (χ1n) is 11.0. The number of quaternary nitrogens is 1. The maximum Gasteiger partial charge on any atom is 0.362 e. The molecule has 31 heavy (non-hydrogen) atoms. The summed E-state index contributed by atoms with van der Waals surface area (Å²) in [7, 11) is 0. The molecule has 0 aromatic heterocycles. The molecule has 1 saturated heterocycles. The minimum absolute atomic E-state index is 0.0369. The Hall–Kier alpha value is -1.93. The molecule has 1 fully saturated rings. The zero-order valence-electron chi connectivity index (χ0n) is 18.5. The fourth-order valence-corrected chi connectivity index (χ4v) is 5.32. The molecule has 166 valence electrons. The van der Waals surface area contributed by atoms with Crippen molar-refractivity contribution in [2.75, 3.05) is 31.5 Å². The Balaban J connectivity index is 1.68. The summed E-state index contributed by atoms with van der Waals surface area (Å²) in [6, 6.07) is 13.8. The van der Waals surface area contributed by atoms with Gasteiger partial charge in [-0.15, -0.1) is 0 Å². The second-order valence-corrected chi connectivity index (χ2v) is 9.87. The number of ether oxygens (including phenoxy) is 1. The van der Waals surface area contributed by atoms with Gasteiger partial charge in [0.2, 0.25) is 0 Å². The van der Waals surface area contributed by atoms with Crippen LogP contribution in [0.4, 0.5) is 5.69 Å². The highest BCUT2D eigenvalue weighted by Gasteiger charge is 2.35. The number of carbonyl (C=O) groups excluding carboxylic acids is 2. The smallest absolute Gasteiger partial charge is 0.362 e. The maximum absolute atomic E-state index is 13.1. The van der Waals surface area contributed by atoms with Gasteiger partial charge in [-0.3, -0.25) is 4.79 Å². The molecule has 0 bridgehead atoms. The van der Waals surface area contributed by atoms with Crippen molar-refractivity contribution in [1.82, 2.24) is 0 Å². The lowest BCUT2D eigenvalue weighted by molar-refractivity contribution is -0.913. The van der Waals surface area contributed by atoms with Crippen LogP contribution < -0.4 is 5.32 Å². The van der Waals surface area contributed by atoms with Gasteiger partial charge in [-0.05, 0) is 90.9 Å². The summed E-state index contributed by atoms with van der Waals surface area (Å²) < 4.78 is 7.19. The maximum atomic E-state index is 13.1. The highest BCUT2D eigenvalue weighted by atomic mass is 127. The van der Waals surface area contributed by atoms with Crippen LogP contribution >= 0.6 is 22.6 Å². The number of carbonyl (C=O) groups is 2. The highest BCUT2D eigenvalue weighted by Crippen LogP contribution is 2.24. The van der Waals surface area contributed by atoms with E-state index < -0.39 is 0 Å². The van der Waals surface area contributed by atoms with E-state index in [9.17, 15) is 9.59 Å². The largest absolute Gasteiger partial charge is 0.457 e. The van der Waals surface area contributed by atoms with Crippen LogP contribution in [0.1, 0.15) is 42.4 Å². The Bertz CT molecular complexity index is 883. The van der Waals surface area contributed by atoms with E-state index in [-0.39, 0.29) is 25.0 Å². The summed E-state index contributed by atoms with van der Waals surface area (Å²) in [6.07, 6.45) is 4.35. The van der Waals surface area contributed by atoms with Gasteiger partial charge in [-0.25, -0.2) is 4.79 Å². The molecule has 2 aromatic carbocycles. The van der Waals surface area contributed by atoms with Crippen LogP contribution in [0.5, 0.6) is 0 Å². The van der Waals surface area contributed by atoms with Crippen molar-refractivity contribution in [3.8, 4) is 0 Å². The third kappa shape index (κ3) is 7.04. The molecule has 6 heteroatoms. The molecule has 1 N–H and O–H groups in total. The van der Waals surface area contributed by atoms with Gasteiger partial charge in [-0.2, -0.15) is 0 Å². The van der Waals surface area contributed by atoms with Gasteiger partial charge in [0.1, 0.15) is 6.61 Å². The molecular formula is C25H32IN2O3+. The number of nitrogens with zero attached hydrogens (tertiary/aromatic N) is 1. The molecule has 5 nitrogen and oxygen atoms in total. The Morgan fingerprint density at radius 3 is 2.19 bits per heavy atom. The SMILES string of the molecule is Cc1cc(I)cc(C)c1NC(=O)C[N+]1(CC(=O)OCc2ccccc2)CCCCCC1. The zero-order chi connectivity index (χ0) is 22.3. The number of aryl methyl sites for hydroxylation is 2. The van der Waals surface area contributed by atoms with E-state index in [2.05, 4.69) is 40.0 Å². The standard InChI is InChI=1S/C25H31IN2O3/c1-19-14-22(26)15-20(2)25(19)27-23(29)16-28(12-8-3-4-9-13-28)17-24(30)31-18-21-10-6-5-7-11-21/h5-7,10-11,14-15H,3-4,8-9,12-13,16-18H2,1-2H3/p+1. The summed E-state index contributed by atoms with van der Waals surface area (Å²) >= 11 is 2.29. The van der Waals surface area contributed by atoms with Crippen LogP contribution in [0.2, 0.25) is 0 Å². The van der Waals surface area contributed by atoms with Crippen molar-refractivity contribution in [3.05, 3.63) is 62.7 Å². The van der Waals surface area contributed by atoms with Crippen LogP contribution in [0, 0.1) is 17.4 Å². The van der Waals surface area contributed by atoms with E-state index >= 15 is 0 Å². The van der Waals surface area contributed by atoms with Gasteiger partial charge in [0.25, 0.3) is 5.91 Å². The average Bonchev–Trinajstić information content (AvgIpc) is 2.95. The lowest BCUT2D eigenvalue weighted by Gasteiger charge is -2.36. The van der Waals surface area contributed by atoms with Crippen molar-refractivity contribution in [2.45, 2.75) is 46.1 Å². The van der Waals surface area contributed by atoms with Gasteiger partial charge in [-0.1, -0.05) is 30.3 Å². The molecule has 0 saturated carbocycles. The molecular weight excluding hydrogens is 503 g/mol. The molecule has 1 amide bonds. The number of anilines is 1. The van der Waals surface area contributed by atoms with E-state index in [1.165, 1.54) is 0 Å². The van der Waals surface area contributed by atoms with Crippen LogP contribution in [-0.4, -0.2) is 42.5 Å². The summed E-state index contributed by atoms with van der Waals surface area (Å²) in [5, 5.41) is 3.12. The van der Waals surface area contributed by atoms with Gasteiger partial charge in [0.05, 0.1) is 13.1 Å². The van der Waals surface area contributed by atoms with Crippen molar-refractivity contribution >= 4 is 40.2 Å². The number of hydrogen-bond acceptors (Lipinski definition) is 3. The summed E-state index contributed by atoms with van der Waals surface area (Å²) in [4.78, 5) is 25.8. The van der Waals surface area contributed by atoms with Crippen LogP contribution in [0.25, 0.3) is 0 Å². The molecule has 1 heterocycles. The van der Waals surface area contributed by atoms with Crippen LogP contribution in [0.3, 0.4) is 0 Å². The van der Waals surface area contributed by atoms with Crippen LogP contribution in [0.15, 0.2) is 42.5 Å². The zero-order valence-corrected chi connectivity index (χ0v) is 20.6. The molecule has 0 radical (unpaired) electrons. The first-order chi connectivity index (χ1) is 14.9. The summed E-state index contributed by atoms with van der Waals surface area (Å²) in [5.41, 5.74) is 3.97. The molecule has 1 aliphatic heterocycles. The second kappa shape index (κ2) is 11.1. The van der Waals surface area contributed by atoms with Crippen molar-refractivity contribution < 1.29 is 18.8 Å². The average molecular weight is 535 g/mol. The number of nitrogens with one attached hydrogen (secondary N) is 1. The van der Waals surface area contributed by atoms with Gasteiger partial charge in [0.15, 0.2) is 13.1 Å². The Kier molecular flexibility index (Phi) is 8.49. The van der Waals surface area contributed by atoms with E-state index in [4.69, 9.17) is 4.74 Å². The third-order valence-electron chi connectivity index (χ3n) is 5.96. The lowest BCUT2D eigenvalue weighted by Crippen LogP contribution is -2.55. The van der Waals surface area contributed by atoms with Crippen molar-refractivity contribution in [1.29, 1.82) is 0 Å². The summed E-state index contributed by atoms with van der Waals surface area (Å²) in [6.45, 7) is 6.50. The fraction of sp³-hybridized carbons (Fsp3) is 0.440. The van der Waals surface area contributed by atoms with Gasteiger partial charge < -0.3 is 14.5 Å². The molecule has 0 atom stereocenters. The van der Waals surface area contributed by atoms with E-state index in [0.717, 1.165) is 64.7 Å². The minimum Gasteiger partial charge on any atom is -0.457 e. The Morgan fingerprint density at radius 1 is 0.968 bits per heavy atom. The molecule has 2 aromatic rings. The number of hydrogen-bond donors (Lipinski definition) is 1. The first kappa shape index (κ1) is 23.7. The van der Waals surface area contributed by atoms with E-state index in [1.54, 1.807) is 0 Å². The highest BCUT2D eigenvalue weighted by molar-refractivity contribution is 14.1. The normalized spacial score (nSPS) is 15.7. The Labute approximate surface area is 198 Å². The number of likely N-dealkylation sites (tertiary alicyclic amines) is 1. The minimum atomic E-state index is -0.236. The van der Waals surface area contributed by atoms with E-state index in [1.807, 2.05) is 44.2 Å². The molecule has 0 unspecified atom stereocenters. The predicted octanol–water partition coefficient (Wildman–Crippen LogP) is 4.98. The predicted molar refractivity (Wildman–Crippen MR) is 132 cm³/mol. The molecule has 0 aliphatic carbocycles. The van der Waals surface area contributed by atoms with Crippen molar-refractivity contribution in [3.63, 3.8) is 0 Å². The van der Waals surface area contributed by atoms with Gasteiger partial charge >= 0.3 is 5.97 Å². The number of halogens is 1. The second-order valence-electron chi connectivity index (χ2n) is 8.63. The number of amides is 1. The summed E-state index contributed by atoms with van der Waals surface area (Å²) in [5.74, 6) is -0.273. The van der Waals surface area contributed by atoms with Gasteiger partial charge in [0, 0.05) is 9.26 Å².